The Bertz CT molecular complexity index is 15.5. The van der Waals surface area contributed by atoms with Crippen LogP contribution in [0, 0.1) is 0 Å². The summed E-state index contributed by atoms with van der Waals surface area (Å²) in [5, 5.41) is 20.0. The number of hydrogen-bond acceptors (Lipinski definition) is 4. The van der Waals surface area contributed by atoms with Gasteiger partial charge >= 0.3 is 0 Å². The number of halogens is 1. The third kappa shape index (κ3) is 2390. The van der Waals surface area contributed by atoms with Crippen LogP contribution in [0.4, 0.5) is 0 Å². The van der Waals surface area contributed by atoms with E-state index < -0.39 is 5.39 Å². The lowest BCUT2D eigenvalue weighted by molar-refractivity contribution is -0.472. The van der Waals surface area contributed by atoms with Crippen molar-refractivity contribution in [2.75, 3.05) is 0 Å². The van der Waals surface area contributed by atoms with E-state index in [0.717, 1.165) is 0 Å². The summed E-state index contributed by atoms with van der Waals surface area (Å²) in [6, 6.07) is 0. The molecule has 0 aliphatic rings. The molecule has 0 saturated heterocycles. The Hall–Kier alpha value is 0.130. The van der Waals surface area contributed by atoms with E-state index in [1.165, 1.54) is 0 Å². The molecule has 42 valence electrons. The lowest BCUT2D eigenvalue weighted by atomic mass is 12.0. The van der Waals surface area contributed by atoms with Gasteiger partial charge in [-0.15, -0.1) is 12.4 Å². The van der Waals surface area contributed by atoms with Gasteiger partial charge in [0.05, 0.1) is 5.39 Å². The summed E-state index contributed by atoms with van der Waals surface area (Å²) >= 11 is 0. The van der Waals surface area contributed by atoms with E-state index in [1.807, 2.05) is 0 Å². The molecule has 4 nitrogen and oxygen atoms in total. The molecule has 0 unspecified atom stereocenters. The zero-order valence-electron chi connectivity index (χ0n) is 2.20. The molecular formula is CH8ClNO3. The highest BCUT2D eigenvalue weighted by molar-refractivity contribution is 5.85. The maximum absolute atomic E-state index is 7.00. The SMILES string of the molecule is C.Cl.ON(O)O. The van der Waals surface area contributed by atoms with Crippen molar-refractivity contribution in [2.24, 2.45) is 0 Å². The standard InChI is InChI=1S/CH4.ClH.H3NO3/c;;2-1(3)4/h1H4;1H;2-4H. The van der Waals surface area contributed by atoms with Crippen molar-refractivity contribution in [1.29, 1.82) is 0 Å². The second-order valence-electron chi connectivity index (χ2n) is 0.268. The maximum Gasteiger partial charge on any atom is 0.0685 e. The Morgan fingerprint density at radius 1 is 1.00 bits per heavy atom. The monoisotopic (exact) mass is 117 g/mol. The van der Waals surface area contributed by atoms with Crippen molar-refractivity contribution in [3.63, 3.8) is 0 Å². The van der Waals surface area contributed by atoms with Crippen LogP contribution in [0.3, 0.4) is 0 Å². The molecule has 0 radical (unpaired) electrons. The molecule has 6 heavy (non-hydrogen) atoms. The van der Waals surface area contributed by atoms with Crippen molar-refractivity contribution in [3.8, 4) is 0 Å². The highest BCUT2D eigenvalue weighted by atomic mass is 35.5. The zero-order chi connectivity index (χ0) is 3.58. The first-order chi connectivity index (χ1) is 1.73. The summed E-state index contributed by atoms with van der Waals surface area (Å²) in [6.07, 6.45) is 0. The van der Waals surface area contributed by atoms with E-state index >= 15 is 0 Å². The van der Waals surface area contributed by atoms with Gasteiger partial charge in [-0.2, -0.15) is 0 Å². The van der Waals surface area contributed by atoms with Gasteiger partial charge in [-0.3, -0.25) is 15.6 Å². The Kier molecular flexibility index (Phi) is 24.5. The Morgan fingerprint density at radius 3 is 1.00 bits per heavy atom. The summed E-state index contributed by atoms with van der Waals surface area (Å²) in [5.74, 6) is 0. The average Bonchev–Trinajstić information content (AvgIpc) is 0.811. The van der Waals surface area contributed by atoms with Crippen LogP contribution < -0.4 is 0 Å². The van der Waals surface area contributed by atoms with E-state index in [4.69, 9.17) is 15.6 Å². The summed E-state index contributed by atoms with van der Waals surface area (Å²) < 4.78 is 0. The van der Waals surface area contributed by atoms with Gasteiger partial charge in [0.15, 0.2) is 0 Å². The minimum Gasteiger partial charge on any atom is -0.266 e. The lowest BCUT2D eigenvalue weighted by Crippen LogP contribution is -2.04. The van der Waals surface area contributed by atoms with Crippen molar-refractivity contribution >= 4 is 12.4 Å². The number of hydrogen-bond donors (Lipinski definition) is 3. The second kappa shape index (κ2) is 8.93. The van der Waals surface area contributed by atoms with Gasteiger partial charge in [0.1, 0.15) is 0 Å². The molecule has 3 N–H and O–H groups in total. The largest absolute Gasteiger partial charge is 0.266 e. The van der Waals surface area contributed by atoms with E-state index in [-0.39, 0.29) is 19.8 Å². The van der Waals surface area contributed by atoms with Crippen LogP contribution in [0.2, 0.25) is 0 Å². The fourth-order valence-corrected chi connectivity index (χ4v) is 0. The summed E-state index contributed by atoms with van der Waals surface area (Å²) in [4.78, 5) is 0. The summed E-state index contributed by atoms with van der Waals surface area (Å²) in [5.41, 5.74) is 0. The van der Waals surface area contributed by atoms with Crippen LogP contribution >= 0.6 is 12.4 Å². The predicted octanol–water partition coefficient (Wildman–Crippen LogP) is 0.514. The molecule has 0 fully saturated rings. The molecule has 0 heterocycles. The number of nitrogens with zero attached hydrogens (tertiary/aromatic N) is 1. The van der Waals surface area contributed by atoms with Crippen LogP contribution in [0.1, 0.15) is 7.43 Å². The topological polar surface area (TPSA) is 63.9 Å². The van der Waals surface area contributed by atoms with Gasteiger partial charge in [-0.25, -0.2) is 0 Å². The first-order valence-electron chi connectivity index (χ1n) is 0.600. The molecule has 0 aromatic carbocycles. The summed E-state index contributed by atoms with van der Waals surface area (Å²) in [6.45, 7) is 0. The highest BCUT2D eigenvalue weighted by Gasteiger charge is 1.64. The molecule has 0 aliphatic carbocycles. The van der Waals surface area contributed by atoms with Gasteiger partial charge < -0.3 is 0 Å². The molecule has 0 bridgehead atoms. The quantitative estimate of drug-likeness (QED) is 0.405. The Balaban J connectivity index is -0.0000000450. The number of rotatable bonds is 0. The molecule has 0 aliphatic heterocycles. The molecule has 0 aromatic rings. The minimum atomic E-state index is -1.00. The molecule has 0 spiro atoms. The second-order valence-corrected chi connectivity index (χ2v) is 0.268. The third-order valence-corrected chi connectivity index (χ3v) is 0. The summed E-state index contributed by atoms with van der Waals surface area (Å²) in [7, 11) is 0. The first kappa shape index (κ1) is 16.5. The van der Waals surface area contributed by atoms with E-state index in [1.54, 1.807) is 0 Å². The lowest BCUT2D eigenvalue weighted by Gasteiger charge is -1.84. The molecule has 0 saturated carbocycles. The smallest absolute Gasteiger partial charge is 0.0685 e. The van der Waals surface area contributed by atoms with Crippen LogP contribution in [0.25, 0.3) is 0 Å². The third-order valence-electron chi connectivity index (χ3n) is 0. The van der Waals surface area contributed by atoms with Crippen LogP contribution in [-0.4, -0.2) is 21.0 Å². The zero-order valence-corrected chi connectivity index (χ0v) is 3.01. The van der Waals surface area contributed by atoms with Gasteiger partial charge in [0.2, 0.25) is 0 Å². The van der Waals surface area contributed by atoms with Crippen molar-refractivity contribution in [2.45, 2.75) is 7.43 Å². The van der Waals surface area contributed by atoms with Gasteiger partial charge in [0.25, 0.3) is 0 Å². The molecular weight excluding hydrogens is 109 g/mol. The minimum absolute atomic E-state index is 0. The van der Waals surface area contributed by atoms with Gasteiger partial charge in [-0.1, -0.05) is 7.43 Å². The molecule has 0 atom stereocenters. The first-order valence-corrected chi connectivity index (χ1v) is 0.600. The fourth-order valence-electron chi connectivity index (χ4n) is 0. The van der Waals surface area contributed by atoms with E-state index in [9.17, 15) is 0 Å². The van der Waals surface area contributed by atoms with Crippen molar-refractivity contribution in [3.05, 3.63) is 0 Å². The van der Waals surface area contributed by atoms with Crippen LogP contribution in [-0.2, 0) is 0 Å². The molecule has 5 heteroatoms. The molecule has 0 amide bonds. The normalized spacial score (nSPS) is 6.00. The van der Waals surface area contributed by atoms with Crippen molar-refractivity contribution < 1.29 is 15.6 Å². The van der Waals surface area contributed by atoms with E-state index in [0.29, 0.717) is 0 Å². The van der Waals surface area contributed by atoms with Gasteiger partial charge in [0, 0.05) is 0 Å². The molecule has 0 rings (SSSR count). The highest BCUT2D eigenvalue weighted by Crippen LogP contribution is 1.43. The van der Waals surface area contributed by atoms with Crippen molar-refractivity contribution in [1.82, 2.24) is 5.39 Å². The predicted molar refractivity (Wildman–Crippen MR) is 21.2 cm³/mol. The average molecular weight is 118 g/mol. The fraction of sp³-hybridized carbons (Fsp3) is 1.00. The Morgan fingerprint density at radius 2 is 1.00 bits per heavy atom. The Labute approximate surface area is 41.9 Å². The van der Waals surface area contributed by atoms with Crippen LogP contribution in [0.15, 0.2) is 0 Å². The maximum atomic E-state index is 7.00. The van der Waals surface area contributed by atoms with Gasteiger partial charge in [-0.05, 0) is 0 Å². The van der Waals surface area contributed by atoms with Crippen LogP contribution in [0.5, 0.6) is 0 Å². The van der Waals surface area contributed by atoms with E-state index in [2.05, 4.69) is 0 Å². The molecule has 0 aromatic heterocycles.